The summed E-state index contributed by atoms with van der Waals surface area (Å²) >= 11 is 0. The first-order chi connectivity index (χ1) is 16.1. The van der Waals surface area contributed by atoms with Crippen molar-refractivity contribution in [1.29, 1.82) is 0 Å². The minimum Gasteiger partial charge on any atom is -0.390 e. The summed E-state index contributed by atoms with van der Waals surface area (Å²) in [6.07, 6.45) is 11.4. The van der Waals surface area contributed by atoms with Crippen molar-refractivity contribution in [1.82, 2.24) is 0 Å². The monoisotopic (exact) mass is 494 g/mol. The van der Waals surface area contributed by atoms with Gasteiger partial charge in [-0.2, -0.15) is 0 Å². The van der Waals surface area contributed by atoms with Gasteiger partial charge in [-0.3, -0.25) is 0 Å². The number of aliphatic hydroxyl groups excluding tert-OH is 2. The molecule has 0 bridgehead atoms. The highest BCUT2D eigenvalue weighted by Gasteiger charge is 2.47. The molecule has 6 atom stereocenters. The second-order valence-corrected chi connectivity index (χ2v) is 12.0. The van der Waals surface area contributed by atoms with E-state index < -0.39 is 29.0 Å². The molecule has 4 N–H and O–H groups in total. The molecule has 0 aromatic heterocycles. The molecule has 0 spiro atoms. The van der Waals surface area contributed by atoms with Crippen LogP contribution in [0.1, 0.15) is 120 Å². The summed E-state index contributed by atoms with van der Waals surface area (Å²) in [5, 5.41) is 42.9. The van der Waals surface area contributed by atoms with E-state index in [9.17, 15) is 20.4 Å². The maximum atomic E-state index is 10.9. The standard InChI is InChI=1S/C30H54O5/c1-22(2)12-10-19-28(6,33)25(31)17-16-24(5)14-9-15-26(32)30(8)21-18-27(35-30)29(7,34)20-11-13-23(3)4/h12-14,25-27,31-34H,9-11,15-21H2,1-8H3/b24-14+/t25?,26-,27-,28?,29+,30+/m1/s1. The number of ether oxygens (including phenoxy) is 1. The van der Waals surface area contributed by atoms with Crippen LogP contribution in [0.4, 0.5) is 0 Å². The molecule has 0 radical (unpaired) electrons. The summed E-state index contributed by atoms with van der Waals surface area (Å²) in [6, 6.07) is 0. The Morgan fingerprint density at radius 2 is 1.49 bits per heavy atom. The molecule has 35 heavy (non-hydrogen) atoms. The van der Waals surface area contributed by atoms with Crippen molar-refractivity contribution in [2.24, 2.45) is 0 Å². The van der Waals surface area contributed by atoms with Gasteiger partial charge in [0.1, 0.15) is 0 Å². The maximum absolute atomic E-state index is 10.9. The van der Waals surface area contributed by atoms with Crippen molar-refractivity contribution in [2.45, 2.75) is 155 Å². The van der Waals surface area contributed by atoms with Crippen LogP contribution in [0.5, 0.6) is 0 Å². The van der Waals surface area contributed by atoms with Crippen LogP contribution in [0.15, 0.2) is 34.9 Å². The van der Waals surface area contributed by atoms with Gasteiger partial charge >= 0.3 is 0 Å². The van der Waals surface area contributed by atoms with E-state index in [0.29, 0.717) is 32.1 Å². The van der Waals surface area contributed by atoms with E-state index in [0.717, 1.165) is 37.7 Å². The highest BCUT2D eigenvalue weighted by molar-refractivity contribution is 5.03. The second kappa shape index (κ2) is 14.1. The van der Waals surface area contributed by atoms with E-state index in [1.54, 1.807) is 6.92 Å². The fraction of sp³-hybridized carbons (Fsp3) is 0.800. The van der Waals surface area contributed by atoms with Gasteiger partial charge in [-0.25, -0.2) is 0 Å². The van der Waals surface area contributed by atoms with Crippen molar-refractivity contribution >= 4 is 0 Å². The zero-order valence-corrected chi connectivity index (χ0v) is 23.7. The topological polar surface area (TPSA) is 90.2 Å². The Labute approximate surface area is 215 Å². The van der Waals surface area contributed by atoms with Gasteiger partial charge in [-0.05, 0) is 120 Å². The molecular formula is C30H54O5. The van der Waals surface area contributed by atoms with Crippen LogP contribution in [0, 0.1) is 0 Å². The minimum absolute atomic E-state index is 0.268. The molecule has 5 heteroatoms. The molecule has 0 aromatic rings. The molecule has 0 aliphatic carbocycles. The Hall–Kier alpha value is -0.980. The lowest BCUT2D eigenvalue weighted by molar-refractivity contribution is -0.160. The molecule has 0 amide bonds. The summed E-state index contributed by atoms with van der Waals surface area (Å²) in [6.45, 7) is 15.7. The summed E-state index contributed by atoms with van der Waals surface area (Å²) < 4.78 is 6.25. The molecule has 1 heterocycles. The molecule has 1 rings (SSSR count). The zero-order valence-electron chi connectivity index (χ0n) is 23.7. The highest BCUT2D eigenvalue weighted by Crippen LogP contribution is 2.40. The molecule has 1 aliphatic rings. The summed E-state index contributed by atoms with van der Waals surface area (Å²) in [5.74, 6) is 0. The third-order valence-corrected chi connectivity index (χ3v) is 7.58. The van der Waals surface area contributed by atoms with Crippen LogP contribution in [-0.4, -0.2) is 55.5 Å². The SMILES string of the molecule is CC(C)=CCCC(C)(O)C(O)CC/C(C)=C/CC[C@@H](O)[C@]1(C)CC[C@H]([C@@](C)(O)CCC=C(C)C)O1. The number of rotatable bonds is 15. The van der Waals surface area contributed by atoms with E-state index in [1.807, 2.05) is 34.6 Å². The summed E-state index contributed by atoms with van der Waals surface area (Å²) in [7, 11) is 0. The summed E-state index contributed by atoms with van der Waals surface area (Å²) in [5.41, 5.74) is 0.958. The number of hydrogen-bond donors (Lipinski definition) is 4. The van der Waals surface area contributed by atoms with Crippen LogP contribution in [0.3, 0.4) is 0 Å². The van der Waals surface area contributed by atoms with Gasteiger partial charge in [-0.15, -0.1) is 0 Å². The molecule has 5 nitrogen and oxygen atoms in total. The van der Waals surface area contributed by atoms with Gasteiger partial charge in [0.2, 0.25) is 0 Å². The average Bonchev–Trinajstić information content (AvgIpc) is 3.15. The summed E-state index contributed by atoms with van der Waals surface area (Å²) in [4.78, 5) is 0. The van der Waals surface area contributed by atoms with Crippen molar-refractivity contribution in [3.63, 3.8) is 0 Å². The normalized spacial score (nSPS) is 25.9. The van der Waals surface area contributed by atoms with E-state index in [2.05, 4.69) is 32.1 Å². The maximum Gasteiger partial charge on any atom is 0.0918 e. The lowest BCUT2D eigenvalue weighted by atomic mass is 9.88. The third-order valence-electron chi connectivity index (χ3n) is 7.58. The van der Waals surface area contributed by atoms with E-state index >= 15 is 0 Å². The first-order valence-corrected chi connectivity index (χ1v) is 13.5. The Kier molecular flexibility index (Phi) is 12.9. The first-order valence-electron chi connectivity index (χ1n) is 13.5. The Balaban J connectivity index is 2.49. The second-order valence-electron chi connectivity index (χ2n) is 12.0. The fourth-order valence-corrected chi connectivity index (χ4v) is 4.75. The van der Waals surface area contributed by atoms with E-state index in [1.165, 1.54) is 11.1 Å². The van der Waals surface area contributed by atoms with Gasteiger partial charge < -0.3 is 25.2 Å². The minimum atomic E-state index is -1.10. The predicted molar refractivity (Wildman–Crippen MR) is 145 cm³/mol. The molecule has 204 valence electrons. The average molecular weight is 495 g/mol. The molecule has 2 unspecified atom stereocenters. The molecule has 0 saturated carbocycles. The number of hydrogen-bond acceptors (Lipinski definition) is 5. The van der Waals surface area contributed by atoms with Crippen LogP contribution < -0.4 is 0 Å². The van der Waals surface area contributed by atoms with Crippen molar-refractivity contribution in [2.75, 3.05) is 0 Å². The van der Waals surface area contributed by atoms with E-state index in [-0.39, 0.29) is 6.10 Å². The molecule has 1 aliphatic heterocycles. The number of allylic oxidation sites excluding steroid dienone is 6. The lowest BCUT2D eigenvalue weighted by Gasteiger charge is -2.35. The van der Waals surface area contributed by atoms with Gasteiger partial charge in [0.25, 0.3) is 0 Å². The Morgan fingerprint density at radius 3 is 2.06 bits per heavy atom. The first kappa shape index (κ1) is 32.0. The number of aliphatic hydroxyl groups is 4. The fourth-order valence-electron chi connectivity index (χ4n) is 4.75. The van der Waals surface area contributed by atoms with Gasteiger partial charge in [0.15, 0.2) is 0 Å². The highest BCUT2D eigenvalue weighted by atomic mass is 16.5. The molecule has 0 aromatic carbocycles. The molecule has 1 saturated heterocycles. The van der Waals surface area contributed by atoms with Crippen molar-refractivity contribution in [3.05, 3.63) is 34.9 Å². The quantitative estimate of drug-likeness (QED) is 0.205. The largest absolute Gasteiger partial charge is 0.390 e. The van der Waals surface area contributed by atoms with Crippen LogP contribution in [-0.2, 0) is 4.74 Å². The van der Waals surface area contributed by atoms with Gasteiger partial charge in [-0.1, -0.05) is 34.9 Å². The predicted octanol–water partition coefficient (Wildman–Crippen LogP) is 6.15. The lowest BCUT2D eigenvalue weighted by Crippen LogP contribution is -2.44. The Morgan fingerprint density at radius 1 is 0.914 bits per heavy atom. The van der Waals surface area contributed by atoms with Crippen molar-refractivity contribution in [3.8, 4) is 0 Å². The van der Waals surface area contributed by atoms with Crippen molar-refractivity contribution < 1.29 is 25.2 Å². The van der Waals surface area contributed by atoms with Crippen LogP contribution in [0.25, 0.3) is 0 Å². The zero-order chi connectivity index (χ0) is 26.9. The third kappa shape index (κ3) is 11.3. The van der Waals surface area contributed by atoms with Crippen LogP contribution in [0.2, 0.25) is 0 Å². The van der Waals surface area contributed by atoms with Crippen LogP contribution >= 0.6 is 0 Å². The Bertz CT molecular complexity index is 725. The van der Waals surface area contributed by atoms with E-state index in [4.69, 9.17) is 4.74 Å². The smallest absolute Gasteiger partial charge is 0.0918 e. The molecule has 1 fully saturated rings. The molecular weight excluding hydrogens is 440 g/mol. The van der Waals surface area contributed by atoms with Gasteiger partial charge in [0.05, 0.1) is 35.1 Å². The van der Waals surface area contributed by atoms with Gasteiger partial charge in [0, 0.05) is 0 Å².